The van der Waals surface area contributed by atoms with Gasteiger partial charge in [0.05, 0.1) is 12.1 Å². The molecule has 1 aromatic heterocycles. The predicted molar refractivity (Wildman–Crippen MR) is 127 cm³/mol. The minimum absolute atomic E-state index is 0.158. The van der Waals surface area contributed by atoms with Crippen LogP contribution in [0.4, 0.5) is 10.3 Å². The number of fused-ring (bicyclic) bond motifs is 1. The van der Waals surface area contributed by atoms with Crippen LogP contribution in [0, 0.1) is 12.7 Å². The largest absolute Gasteiger partial charge is 0.488 e. The van der Waals surface area contributed by atoms with E-state index in [9.17, 15) is 4.39 Å². The molecule has 0 saturated carbocycles. The molecule has 0 N–H and O–H groups in total. The molecule has 0 aliphatic carbocycles. The van der Waals surface area contributed by atoms with Crippen LogP contribution in [-0.4, -0.2) is 53.8 Å². The minimum Gasteiger partial charge on any atom is -0.488 e. The van der Waals surface area contributed by atoms with Gasteiger partial charge in [0.25, 0.3) is 0 Å². The third kappa shape index (κ3) is 4.33. The standard InChI is InChI=1S/C26H33FN4O/c1-19-17-20(9-10-22(19)27)18-31-23-7-6-8-24(32-21-11-15-29(2)16-12-21)25(23)28-26(31)30-13-4-3-5-14-30/h6-10,17,21H,3-5,11-16,18H2,1-2H3. The topological polar surface area (TPSA) is 33.5 Å². The average molecular weight is 437 g/mol. The van der Waals surface area contributed by atoms with E-state index in [0.717, 1.165) is 67.3 Å². The van der Waals surface area contributed by atoms with E-state index in [1.165, 1.54) is 19.3 Å². The monoisotopic (exact) mass is 436 g/mol. The van der Waals surface area contributed by atoms with Crippen molar-refractivity contribution in [2.75, 3.05) is 38.1 Å². The summed E-state index contributed by atoms with van der Waals surface area (Å²) in [6.45, 7) is 6.68. The highest BCUT2D eigenvalue weighted by Gasteiger charge is 2.23. The van der Waals surface area contributed by atoms with Crippen LogP contribution in [0.3, 0.4) is 0 Å². The zero-order chi connectivity index (χ0) is 22.1. The predicted octanol–water partition coefficient (Wildman–Crippen LogP) is 5.00. The molecule has 2 aliphatic heterocycles. The third-order valence-electron chi connectivity index (χ3n) is 6.88. The summed E-state index contributed by atoms with van der Waals surface area (Å²) in [5.41, 5.74) is 3.78. The van der Waals surface area contributed by atoms with Crippen LogP contribution in [0.1, 0.15) is 43.2 Å². The quantitative estimate of drug-likeness (QED) is 0.564. The zero-order valence-electron chi connectivity index (χ0n) is 19.2. The van der Waals surface area contributed by atoms with Crippen LogP contribution < -0.4 is 9.64 Å². The van der Waals surface area contributed by atoms with Crippen molar-refractivity contribution in [3.05, 3.63) is 53.3 Å². The van der Waals surface area contributed by atoms with E-state index >= 15 is 0 Å². The van der Waals surface area contributed by atoms with E-state index in [0.29, 0.717) is 12.1 Å². The molecular formula is C26H33FN4O. The Kier molecular flexibility index (Phi) is 6.05. The Morgan fingerprint density at radius 3 is 2.56 bits per heavy atom. The summed E-state index contributed by atoms with van der Waals surface area (Å²) in [6, 6.07) is 11.7. The van der Waals surface area contributed by atoms with Crippen molar-refractivity contribution in [3.63, 3.8) is 0 Å². The Labute approximate surface area is 189 Å². The van der Waals surface area contributed by atoms with Gasteiger partial charge < -0.3 is 19.1 Å². The second-order valence-corrected chi connectivity index (χ2v) is 9.37. The van der Waals surface area contributed by atoms with E-state index < -0.39 is 0 Å². The molecule has 0 unspecified atom stereocenters. The summed E-state index contributed by atoms with van der Waals surface area (Å²) >= 11 is 0. The van der Waals surface area contributed by atoms with Crippen molar-refractivity contribution in [2.24, 2.45) is 0 Å². The maximum absolute atomic E-state index is 13.9. The van der Waals surface area contributed by atoms with Gasteiger partial charge in [0.2, 0.25) is 5.95 Å². The lowest BCUT2D eigenvalue weighted by Crippen LogP contribution is -2.35. The van der Waals surface area contributed by atoms with Crippen molar-refractivity contribution < 1.29 is 9.13 Å². The summed E-state index contributed by atoms with van der Waals surface area (Å²) < 4.78 is 22.6. The molecule has 0 bridgehead atoms. The molecule has 5 rings (SSSR count). The SMILES string of the molecule is Cc1cc(Cn2c(N3CCCCC3)nc3c(OC4CCN(C)CC4)cccc32)ccc1F. The summed E-state index contributed by atoms with van der Waals surface area (Å²) in [6.07, 6.45) is 5.98. The third-order valence-corrected chi connectivity index (χ3v) is 6.88. The lowest BCUT2D eigenvalue weighted by atomic mass is 10.1. The molecule has 3 heterocycles. The molecule has 32 heavy (non-hydrogen) atoms. The van der Waals surface area contributed by atoms with Crippen molar-refractivity contribution >= 4 is 17.0 Å². The van der Waals surface area contributed by atoms with E-state index in [1.54, 1.807) is 6.07 Å². The van der Waals surface area contributed by atoms with Crippen LogP contribution in [0.15, 0.2) is 36.4 Å². The first-order valence-corrected chi connectivity index (χ1v) is 11.9. The molecule has 170 valence electrons. The van der Waals surface area contributed by atoms with Crippen molar-refractivity contribution in [1.82, 2.24) is 14.5 Å². The molecule has 2 fully saturated rings. The number of imidazole rings is 1. The fourth-order valence-corrected chi connectivity index (χ4v) is 4.97. The highest BCUT2D eigenvalue weighted by atomic mass is 19.1. The normalized spacial score (nSPS) is 18.4. The van der Waals surface area contributed by atoms with Gasteiger partial charge in [-0.1, -0.05) is 18.2 Å². The molecule has 2 aromatic carbocycles. The van der Waals surface area contributed by atoms with Gasteiger partial charge in [-0.2, -0.15) is 0 Å². The average Bonchev–Trinajstić information content (AvgIpc) is 3.18. The fourth-order valence-electron chi connectivity index (χ4n) is 4.97. The first-order valence-electron chi connectivity index (χ1n) is 11.9. The van der Waals surface area contributed by atoms with Gasteiger partial charge in [0, 0.05) is 26.2 Å². The number of rotatable bonds is 5. The molecule has 3 aromatic rings. The number of hydrogen-bond donors (Lipinski definition) is 0. The number of nitrogens with zero attached hydrogens (tertiary/aromatic N) is 4. The molecule has 5 nitrogen and oxygen atoms in total. The molecule has 0 atom stereocenters. The van der Waals surface area contributed by atoms with E-state index in [2.05, 4.69) is 39.6 Å². The number of para-hydroxylation sites is 1. The molecule has 2 aliphatic rings. The lowest BCUT2D eigenvalue weighted by molar-refractivity contribution is 0.115. The van der Waals surface area contributed by atoms with Gasteiger partial charge in [-0.15, -0.1) is 0 Å². The fraction of sp³-hybridized carbons (Fsp3) is 0.500. The summed E-state index contributed by atoms with van der Waals surface area (Å²) in [5, 5.41) is 0. The van der Waals surface area contributed by atoms with Crippen molar-refractivity contribution in [1.29, 1.82) is 0 Å². The van der Waals surface area contributed by atoms with E-state index in [4.69, 9.17) is 9.72 Å². The smallest absolute Gasteiger partial charge is 0.207 e. The number of aromatic nitrogens is 2. The molecule has 0 amide bonds. The number of piperidine rings is 2. The zero-order valence-corrected chi connectivity index (χ0v) is 19.2. The first-order chi connectivity index (χ1) is 15.6. The highest BCUT2D eigenvalue weighted by molar-refractivity contribution is 5.85. The number of anilines is 1. The Hall–Kier alpha value is -2.60. The van der Waals surface area contributed by atoms with Gasteiger partial charge in [0.15, 0.2) is 0 Å². The van der Waals surface area contributed by atoms with Crippen LogP contribution in [0.25, 0.3) is 11.0 Å². The van der Waals surface area contributed by atoms with Crippen molar-refractivity contribution in [3.8, 4) is 5.75 Å². The summed E-state index contributed by atoms with van der Waals surface area (Å²) in [5.74, 6) is 1.72. The molecule has 2 saturated heterocycles. The number of halogens is 1. The van der Waals surface area contributed by atoms with E-state index in [1.807, 2.05) is 19.1 Å². The lowest BCUT2D eigenvalue weighted by Gasteiger charge is -2.29. The second-order valence-electron chi connectivity index (χ2n) is 9.37. The first kappa shape index (κ1) is 21.3. The molecule has 6 heteroatoms. The van der Waals surface area contributed by atoms with Gasteiger partial charge in [0.1, 0.15) is 23.2 Å². The number of benzene rings is 2. The Morgan fingerprint density at radius 1 is 1.03 bits per heavy atom. The van der Waals surface area contributed by atoms with Gasteiger partial charge in [-0.25, -0.2) is 9.37 Å². The summed E-state index contributed by atoms with van der Waals surface area (Å²) in [4.78, 5) is 9.89. The number of hydrogen-bond acceptors (Lipinski definition) is 4. The Bertz CT molecular complexity index is 1080. The van der Waals surface area contributed by atoms with E-state index in [-0.39, 0.29) is 11.9 Å². The minimum atomic E-state index is -0.158. The maximum Gasteiger partial charge on any atom is 0.207 e. The summed E-state index contributed by atoms with van der Waals surface area (Å²) in [7, 11) is 2.17. The second kappa shape index (κ2) is 9.10. The Balaban J connectivity index is 1.53. The number of ether oxygens (including phenoxy) is 1. The number of likely N-dealkylation sites (tertiary alicyclic amines) is 1. The van der Waals surface area contributed by atoms with Crippen LogP contribution in [-0.2, 0) is 6.54 Å². The molecule has 0 radical (unpaired) electrons. The number of aryl methyl sites for hydroxylation is 1. The Morgan fingerprint density at radius 2 is 1.81 bits per heavy atom. The van der Waals surface area contributed by atoms with Gasteiger partial charge in [-0.3, -0.25) is 0 Å². The molecular weight excluding hydrogens is 403 g/mol. The van der Waals surface area contributed by atoms with Crippen LogP contribution in [0.5, 0.6) is 5.75 Å². The van der Waals surface area contributed by atoms with Gasteiger partial charge >= 0.3 is 0 Å². The van der Waals surface area contributed by atoms with Gasteiger partial charge in [-0.05, 0) is 75.4 Å². The van der Waals surface area contributed by atoms with Crippen LogP contribution in [0.2, 0.25) is 0 Å². The van der Waals surface area contributed by atoms with Crippen molar-refractivity contribution in [2.45, 2.75) is 51.7 Å². The molecule has 0 spiro atoms. The maximum atomic E-state index is 13.9. The highest BCUT2D eigenvalue weighted by Crippen LogP contribution is 2.33. The van der Waals surface area contributed by atoms with Crippen LogP contribution >= 0.6 is 0 Å².